The Balaban J connectivity index is 1.59. The number of thiazole rings is 1. The van der Waals surface area contributed by atoms with Gasteiger partial charge < -0.3 is 4.42 Å². The number of benzene rings is 1. The summed E-state index contributed by atoms with van der Waals surface area (Å²) >= 11 is 1.48. The summed E-state index contributed by atoms with van der Waals surface area (Å²) < 4.78 is 5.13. The van der Waals surface area contributed by atoms with Crippen LogP contribution in [-0.2, 0) is 11.2 Å². The molecule has 1 N–H and O–H groups in total. The molecule has 0 saturated carbocycles. The molecule has 0 saturated heterocycles. The molecule has 2 heterocycles. The lowest BCUT2D eigenvalue weighted by atomic mass is 10.1. The van der Waals surface area contributed by atoms with Crippen LogP contribution in [0.1, 0.15) is 21.8 Å². The SMILES string of the molecule is Cc1cccc(Cc2cnc(NC(=O)/C=C/c3ccco3)s2)c1. The quantitative estimate of drug-likeness (QED) is 0.712. The van der Waals surface area contributed by atoms with Crippen LogP contribution in [0.2, 0.25) is 0 Å². The maximum atomic E-state index is 11.8. The third-order valence-corrected chi connectivity index (χ3v) is 4.10. The van der Waals surface area contributed by atoms with Crippen molar-refractivity contribution in [1.29, 1.82) is 0 Å². The van der Waals surface area contributed by atoms with Gasteiger partial charge in [-0.05, 0) is 30.7 Å². The Hall–Kier alpha value is -2.66. The first-order valence-corrected chi connectivity index (χ1v) is 8.03. The van der Waals surface area contributed by atoms with E-state index in [9.17, 15) is 4.79 Å². The van der Waals surface area contributed by atoms with Gasteiger partial charge in [0.2, 0.25) is 5.91 Å². The van der Waals surface area contributed by atoms with Crippen LogP contribution < -0.4 is 5.32 Å². The molecule has 4 nitrogen and oxygen atoms in total. The molecule has 5 heteroatoms. The summed E-state index contributed by atoms with van der Waals surface area (Å²) in [6, 6.07) is 11.9. The van der Waals surface area contributed by atoms with E-state index in [-0.39, 0.29) is 5.91 Å². The van der Waals surface area contributed by atoms with Crippen molar-refractivity contribution < 1.29 is 9.21 Å². The highest BCUT2D eigenvalue weighted by atomic mass is 32.1. The number of hydrogen-bond acceptors (Lipinski definition) is 4. The third-order valence-electron chi connectivity index (χ3n) is 3.19. The van der Waals surface area contributed by atoms with Gasteiger partial charge in [-0.2, -0.15) is 0 Å². The molecule has 0 unspecified atom stereocenters. The van der Waals surface area contributed by atoms with Gasteiger partial charge in [-0.1, -0.05) is 29.8 Å². The standard InChI is InChI=1S/C18H16N2O2S/c1-13-4-2-5-14(10-13)11-16-12-19-18(23-16)20-17(21)8-7-15-6-3-9-22-15/h2-10,12H,11H2,1H3,(H,19,20,21)/b8-7+. The first kappa shape index (κ1) is 15.2. The molecular weight excluding hydrogens is 308 g/mol. The van der Waals surface area contributed by atoms with E-state index in [2.05, 4.69) is 35.4 Å². The van der Waals surface area contributed by atoms with E-state index < -0.39 is 0 Å². The first-order chi connectivity index (χ1) is 11.2. The molecule has 0 aliphatic carbocycles. The van der Waals surface area contributed by atoms with Crippen LogP contribution in [0, 0.1) is 6.92 Å². The van der Waals surface area contributed by atoms with Gasteiger partial charge in [-0.3, -0.25) is 10.1 Å². The summed E-state index contributed by atoms with van der Waals surface area (Å²) in [5.74, 6) is 0.414. The Kier molecular flexibility index (Phi) is 4.68. The third kappa shape index (κ3) is 4.40. The number of rotatable bonds is 5. The second-order valence-electron chi connectivity index (χ2n) is 5.14. The predicted octanol–water partition coefficient (Wildman–Crippen LogP) is 4.29. The highest BCUT2D eigenvalue weighted by Crippen LogP contribution is 2.21. The van der Waals surface area contributed by atoms with Crippen LogP contribution in [0.25, 0.3) is 6.08 Å². The largest absolute Gasteiger partial charge is 0.465 e. The van der Waals surface area contributed by atoms with Crippen molar-refractivity contribution in [3.8, 4) is 0 Å². The van der Waals surface area contributed by atoms with Gasteiger partial charge in [0.25, 0.3) is 0 Å². The van der Waals surface area contributed by atoms with Gasteiger partial charge in [-0.25, -0.2) is 4.98 Å². The molecule has 2 aromatic heterocycles. The number of aromatic nitrogens is 1. The van der Waals surface area contributed by atoms with E-state index in [1.165, 1.54) is 28.5 Å². The Morgan fingerprint density at radius 3 is 3.04 bits per heavy atom. The highest BCUT2D eigenvalue weighted by molar-refractivity contribution is 7.15. The van der Waals surface area contributed by atoms with Gasteiger partial charge >= 0.3 is 0 Å². The van der Waals surface area contributed by atoms with Gasteiger partial charge in [0, 0.05) is 23.6 Å². The molecule has 0 atom stereocenters. The predicted molar refractivity (Wildman–Crippen MR) is 92.5 cm³/mol. The van der Waals surface area contributed by atoms with Crippen molar-refractivity contribution in [3.05, 3.63) is 76.7 Å². The summed E-state index contributed by atoms with van der Waals surface area (Å²) in [7, 11) is 0. The molecule has 23 heavy (non-hydrogen) atoms. The molecule has 3 rings (SSSR count). The normalized spacial score (nSPS) is 11.0. The minimum atomic E-state index is -0.224. The number of nitrogens with one attached hydrogen (secondary N) is 1. The van der Waals surface area contributed by atoms with Crippen LogP contribution >= 0.6 is 11.3 Å². The summed E-state index contributed by atoms with van der Waals surface area (Å²) in [5.41, 5.74) is 2.48. The monoisotopic (exact) mass is 324 g/mol. The molecule has 0 spiro atoms. The second-order valence-corrected chi connectivity index (χ2v) is 6.25. The molecule has 0 radical (unpaired) electrons. The number of nitrogens with zero attached hydrogens (tertiary/aromatic N) is 1. The molecule has 116 valence electrons. The maximum absolute atomic E-state index is 11.8. The molecule has 0 fully saturated rings. The van der Waals surface area contributed by atoms with Crippen molar-refractivity contribution >= 4 is 28.5 Å². The summed E-state index contributed by atoms with van der Waals surface area (Å²) in [6.45, 7) is 2.08. The number of carbonyl (C=O) groups excluding carboxylic acids is 1. The average Bonchev–Trinajstić information content (AvgIpc) is 3.17. The Morgan fingerprint density at radius 1 is 1.35 bits per heavy atom. The zero-order chi connectivity index (χ0) is 16.1. The number of carbonyl (C=O) groups is 1. The van der Waals surface area contributed by atoms with E-state index in [1.807, 2.05) is 6.07 Å². The van der Waals surface area contributed by atoms with E-state index in [0.717, 1.165) is 11.3 Å². The fraction of sp³-hybridized carbons (Fsp3) is 0.111. The number of furan rings is 1. The van der Waals surface area contributed by atoms with Crippen LogP contribution in [0.15, 0.2) is 59.4 Å². The molecular formula is C18H16N2O2S. The maximum Gasteiger partial charge on any atom is 0.250 e. The molecule has 0 aliphatic heterocycles. The lowest BCUT2D eigenvalue weighted by Crippen LogP contribution is -2.06. The summed E-state index contributed by atoms with van der Waals surface area (Å²) in [4.78, 5) is 17.2. The molecule has 0 aliphatic rings. The average molecular weight is 324 g/mol. The van der Waals surface area contributed by atoms with E-state index in [0.29, 0.717) is 10.9 Å². The smallest absolute Gasteiger partial charge is 0.250 e. The zero-order valence-corrected chi connectivity index (χ0v) is 13.5. The van der Waals surface area contributed by atoms with Crippen molar-refractivity contribution in [2.24, 2.45) is 0 Å². The number of aryl methyl sites for hydroxylation is 1. The Bertz CT molecular complexity index is 819. The van der Waals surface area contributed by atoms with Crippen LogP contribution in [0.5, 0.6) is 0 Å². The van der Waals surface area contributed by atoms with Crippen molar-refractivity contribution in [3.63, 3.8) is 0 Å². The van der Waals surface area contributed by atoms with Crippen molar-refractivity contribution in [1.82, 2.24) is 4.98 Å². The zero-order valence-electron chi connectivity index (χ0n) is 12.7. The Morgan fingerprint density at radius 2 is 2.26 bits per heavy atom. The van der Waals surface area contributed by atoms with Gasteiger partial charge in [0.05, 0.1) is 6.26 Å². The van der Waals surface area contributed by atoms with Gasteiger partial charge in [-0.15, -0.1) is 11.3 Å². The minimum Gasteiger partial charge on any atom is -0.465 e. The number of anilines is 1. The molecule has 1 aromatic carbocycles. The lowest BCUT2D eigenvalue weighted by molar-refractivity contribution is -0.111. The van der Waals surface area contributed by atoms with Crippen LogP contribution in [-0.4, -0.2) is 10.9 Å². The van der Waals surface area contributed by atoms with Gasteiger partial charge in [0.15, 0.2) is 5.13 Å². The van der Waals surface area contributed by atoms with Crippen LogP contribution in [0.3, 0.4) is 0 Å². The van der Waals surface area contributed by atoms with E-state index in [4.69, 9.17) is 4.42 Å². The van der Waals surface area contributed by atoms with Crippen molar-refractivity contribution in [2.45, 2.75) is 13.3 Å². The Labute approximate surface area is 138 Å². The fourth-order valence-corrected chi connectivity index (χ4v) is 3.01. The minimum absolute atomic E-state index is 0.224. The number of amides is 1. The number of hydrogen-bond donors (Lipinski definition) is 1. The van der Waals surface area contributed by atoms with Crippen LogP contribution in [0.4, 0.5) is 5.13 Å². The van der Waals surface area contributed by atoms with E-state index in [1.54, 1.807) is 30.7 Å². The topological polar surface area (TPSA) is 55.1 Å². The molecule has 0 bridgehead atoms. The summed E-state index contributed by atoms with van der Waals surface area (Å²) in [5, 5.41) is 3.36. The first-order valence-electron chi connectivity index (χ1n) is 7.22. The lowest BCUT2D eigenvalue weighted by Gasteiger charge is -1.99. The fourth-order valence-electron chi connectivity index (χ4n) is 2.16. The molecule has 3 aromatic rings. The molecule has 1 amide bonds. The van der Waals surface area contributed by atoms with Crippen molar-refractivity contribution in [2.75, 3.05) is 5.32 Å². The van der Waals surface area contributed by atoms with E-state index >= 15 is 0 Å². The highest BCUT2D eigenvalue weighted by Gasteiger charge is 2.05. The van der Waals surface area contributed by atoms with Gasteiger partial charge in [0.1, 0.15) is 5.76 Å². The second kappa shape index (κ2) is 7.07. The summed E-state index contributed by atoms with van der Waals surface area (Å²) in [6.07, 6.45) is 7.24.